The number of benzene rings is 1. The van der Waals surface area contributed by atoms with Gasteiger partial charge in [0.2, 0.25) is 0 Å². The summed E-state index contributed by atoms with van der Waals surface area (Å²) in [5, 5.41) is 0.410. The monoisotopic (exact) mass is 195 g/mol. The normalized spacial score (nSPS) is 10.3. The number of nitrogens with one attached hydrogen (secondary N) is 1. The van der Waals surface area contributed by atoms with Crippen molar-refractivity contribution in [1.82, 2.24) is 4.98 Å². The van der Waals surface area contributed by atoms with Crippen LogP contribution in [0, 0.1) is 5.82 Å². The van der Waals surface area contributed by atoms with Crippen LogP contribution in [-0.4, -0.2) is 4.98 Å². The number of rotatable bonds is 1. The highest BCUT2D eigenvalue weighted by atomic mass is 35.5. The molecule has 0 bridgehead atoms. The second-order valence-corrected chi connectivity index (χ2v) is 3.14. The smallest absolute Gasteiger partial charge is 0.133 e. The number of aromatic nitrogens is 1. The van der Waals surface area contributed by atoms with Crippen LogP contribution in [0.15, 0.2) is 36.5 Å². The molecule has 3 heteroatoms. The van der Waals surface area contributed by atoms with Crippen molar-refractivity contribution >= 4 is 11.6 Å². The first kappa shape index (κ1) is 8.32. The Morgan fingerprint density at radius 2 is 2.08 bits per heavy atom. The third-order valence-electron chi connectivity index (χ3n) is 1.82. The Labute approximate surface area is 80.2 Å². The zero-order valence-electron chi connectivity index (χ0n) is 6.72. The molecule has 1 heterocycles. The van der Waals surface area contributed by atoms with Gasteiger partial charge < -0.3 is 4.98 Å². The standard InChI is InChI=1S/C10H7ClFN/c11-7-3-4-8(9(12)6-7)10-2-1-5-13-10/h1-6,13H. The minimum absolute atomic E-state index is 0.310. The molecule has 0 saturated heterocycles. The molecule has 2 rings (SSSR count). The van der Waals surface area contributed by atoms with Gasteiger partial charge in [-0.2, -0.15) is 0 Å². The first-order valence-corrected chi connectivity index (χ1v) is 4.24. The predicted octanol–water partition coefficient (Wildman–Crippen LogP) is 3.47. The summed E-state index contributed by atoms with van der Waals surface area (Å²) in [5.41, 5.74) is 1.29. The van der Waals surface area contributed by atoms with Crippen molar-refractivity contribution in [3.05, 3.63) is 47.4 Å². The van der Waals surface area contributed by atoms with E-state index in [1.165, 1.54) is 6.07 Å². The average molecular weight is 196 g/mol. The van der Waals surface area contributed by atoms with Gasteiger partial charge in [0, 0.05) is 22.5 Å². The molecule has 0 aliphatic carbocycles. The Morgan fingerprint density at radius 1 is 1.23 bits per heavy atom. The molecule has 0 aliphatic heterocycles. The van der Waals surface area contributed by atoms with Crippen molar-refractivity contribution in [3.8, 4) is 11.3 Å². The molecule has 0 atom stereocenters. The highest BCUT2D eigenvalue weighted by molar-refractivity contribution is 6.30. The maximum atomic E-state index is 13.3. The van der Waals surface area contributed by atoms with E-state index in [0.717, 1.165) is 5.69 Å². The Morgan fingerprint density at radius 3 is 2.69 bits per heavy atom. The van der Waals surface area contributed by atoms with Crippen molar-refractivity contribution in [2.24, 2.45) is 0 Å². The third-order valence-corrected chi connectivity index (χ3v) is 2.05. The number of aromatic amines is 1. The van der Waals surface area contributed by atoms with Crippen LogP contribution in [0.4, 0.5) is 4.39 Å². The largest absolute Gasteiger partial charge is 0.361 e. The molecule has 2 aromatic rings. The van der Waals surface area contributed by atoms with Crippen LogP contribution in [0.5, 0.6) is 0 Å². The molecule has 1 aromatic carbocycles. The summed E-state index contributed by atoms with van der Waals surface area (Å²) in [6.45, 7) is 0. The molecular weight excluding hydrogens is 189 g/mol. The summed E-state index contributed by atoms with van der Waals surface area (Å²) in [6.07, 6.45) is 1.75. The first-order chi connectivity index (χ1) is 6.27. The minimum Gasteiger partial charge on any atom is -0.361 e. The molecule has 1 nitrogen and oxygen atoms in total. The van der Waals surface area contributed by atoms with Gasteiger partial charge >= 0.3 is 0 Å². The fourth-order valence-corrected chi connectivity index (χ4v) is 1.36. The van der Waals surface area contributed by atoms with Crippen LogP contribution >= 0.6 is 11.6 Å². The van der Waals surface area contributed by atoms with Crippen LogP contribution in [0.25, 0.3) is 11.3 Å². The molecule has 0 fully saturated rings. The van der Waals surface area contributed by atoms with Gasteiger partial charge in [0.1, 0.15) is 5.82 Å². The van der Waals surface area contributed by atoms with E-state index in [-0.39, 0.29) is 5.82 Å². The van der Waals surface area contributed by atoms with Crippen molar-refractivity contribution in [1.29, 1.82) is 0 Å². The lowest BCUT2D eigenvalue weighted by molar-refractivity contribution is 0.631. The molecule has 0 aliphatic rings. The summed E-state index contributed by atoms with van der Waals surface area (Å²) < 4.78 is 13.3. The Bertz CT molecular complexity index is 409. The van der Waals surface area contributed by atoms with Crippen LogP contribution in [0.1, 0.15) is 0 Å². The Kier molecular flexibility index (Phi) is 2.07. The van der Waals surface area contributed by atoms with Gasteiger partial charge in [-0.05, 0) is 30.3 Å². The quantitative estimate of drug-likeness (QED) is 0.717. The number of hydrogen-bond donors (Lipinski definition) is 1. The van der Waals surface area contributed by atoms with E-state index in [2.05, 4.69) is 4.98 Å². The SMILES string of the molecule is Fc1cc(Cl)ccc1-c1ccc[nH]1. The fraction of sp³-hybridized carbons (Fsp3) is 0. The maximum absolute atomic E-state index is 13.3. The van der Waals surface area contributed by atoms with E-state index >= 15 is 0 Å². The van der Waals surface area contributed by atoms with Crippen LogP contribution < -0.4 is 0 Å². The van der Waals surface area contributed by atoms with Gasteiger partial charge in [0.15, 0.2) is 0 Å². The summed E-state index contributed by atoms with van der Waals surface area (Å²) in [6, 6.07) is 8.26. The van der Waals surface area contributed by atoms with Gasteiger partial charge in [-0.15, -0.1) is 0 Å². The average Bonchev–Trinajstić information content (AvgIpc) is 2.56. The second-order valence-electron chi connectivity index (χ2n) is 2.71. The van der Waals surface area contributed by atoms with E-state index in [9.17, 15) is 4.39 Å². The van der Waals surface area contributed by atoms with Crippen molar-refractivity contribution in [3.63, 3.8) is 0 Å². The van der Waals surface area contributed by atoms with Gasteiger partial charge in [-0.25, -0.2) is 4.39 Å². The Hall–Kier alpha value is -1.28. The van der Waals surface area contributed by atoms with E-state index in [4.69, 9.17) is 11.6 Å². The molecule has 0 radical (unpaired) electrons. The van der Waals surface area contributed by atoms with E-state index < -0.39 is 0 Å². The highest BCUT2D eigenvalue weighted by Crippen LogP contribution is 2.23. The molecule has 0 amide bonds. The lowest BCUT2D eigenvalue weighted by atomic mass is 10.1. The van der Waals surface area contributed by atoms with Crippen molar-refractivity contribution in [2.45, 2.75) is 0 Å². The summed E-state index contributed by atoms with van der Waals surface area (Å²) in [5.74, 6) is -0.310. The predicted molar refractivity (Wildman–Crippen MR) is 51.2 cm³/mol. The fourth-order valence-electron chi connectivity index (χ4n) is 1.21. The molecular formula is C10H7ClFN. The zero-order valence-corrected chi connectivity index (χ0v) is 7.48. The van der Waals surface area contributed by atoms with Crippen LogP contribution in [0.2, 0.25) is 5.02 Å². The lowest BCUT2D eigenvalue weighted by Gasteiger charge is -2.00. The third kappa shape index (κ3) is 1.58. The summed E-state index contributed by atoms with van der Waals surface area (Å²) in [4.78, 5) is 2.93. The number of halogens is 2. The minimum atomic E-state index is -0.310. The second kappa shape index (κ2) is 3.23. The highest BCUT2D eigenvalue weighted by Gasteiger charge is 2.04. The van der Waals surface area contributed by atoms with Gasteiger partial charge in [-0.1, -0.05) is 11.6 Å². The van der Waals surface area contributed by atoms with E-state index in [0.29, 0.717) is 10.6 Å². The summed E-state index contributed by atoms with van der Waals surface area (Å²) >= 11 is 5.63. The van der Waals surface area contributed by atoms with Gasteiger partial charge in [0.25, 0.3) is 0 Å². The lowest BCUT2D eigenvalue weighted by Crippen LogP contribution is -1.83. The molecule has 0 saturated carbocycles. The molecule has 0 unspecified atom stereocenters. The van der Waals surface area contributed by atoms with E-state index in [1.807, 2.05) is 12.1 Å². The van der Waals surface area contributed by atoms with Crippen molar-refractivity contribution < 1.29 is 4.39 Å². The topological polar surface area (TPSA) is 15.8 Å². The van der Waals surface area contributed by atoms with Gasteiger partial charge in [0.05, 0.1) is 0 Å². The van der Waals surface area contributed by atoms with Crippen molar-refractivity contribution in [2.75, 3.05) is 0 Å². The molecule has 0 spiro atoms. The molecule has 1 aromatic heterocycles. The molecule has 66 valence electrons. The Balaban J connectivity index is 2.53. The first-order valence-electron chi connectivity index (χ1n) is 3.86. The summed E-state index contributed by atoms with van der Waals surface area (Å²) in [7, 11) is 0. The molecule has 13 heavy (non-hydrogen) atoms. The van der Waals surface area contributed by atoms with Crippen LogP contribution in [0.3, 0.4) is 0 Å². The number of hydrogen-bond acceptors (Lipinski definition) is 0. The molecule has 1 N–H and O–H groups in total. The van der Waals surface area contributed by atoms with E-state index in [1.54, 1.807) is 18.3 Å². The zero-order chi connectivity index (χ0) is 9.26. The van der Waals surface area contributed by atoms with Crippen LogP contribution in [-0.2, 0) is 0 Å². The maximum Gasteiger partial charge on any atom is 0.133 e. The van der Waals surface area contributed by atoms with Gasteiger partial charge in [-0.3, -0.25) is 0 Å². The number of H-pyrrole nitrogens is 1.